The van der Waals surface area contributed by atoms with E-state index in [0.717, 1.165) is 29.9 Å². The van der Waals surface area contributed by atoms with Gasteiger partial charge in [0, 0.05) is 6.04 Å². The van der Waals surface area contributed by atoms with E-state index in [0.29, 0.717) is 5.92 Å². The van der Waals surface area contributed by atoms with E-state index in [-0.39, 0.29) is 28.4 Å². The highest BCUT2D eigenvalue weighted by molar-refractivity contribution is 6.34. The van der Waals surface area contributed by atoms with Crippen molar-refractivity contribution in [1.82, 2.24) is 5.32 Å². The van der Waals surface area contributed by atoms with Crippen LogP contribution in [0.3, 0.4) is 0 Å². The molecule has 2 aliphatic rings. The molecule has 30 heavy (non-hydrogen) atoms. The summed E-state index contributed by atoms with van der Waals surface area (Å²) in [5.41, 5.74) is 0.467. The summed E-state index contributed by atoms with van der Waals surface area (Å²) < 4.78 is 18.2. The summed E-state index contributed by atoms with van der Waals surface area (Å²) in [5, 5.41) is 2.78. The van der Waals surface area contributed by atoms with Gasteiger partial charge in [-0.1, -0.05) is 0 Å². The fourth-order valence-corrected chi connectivity index (χ4v) is 3.42. The molecule has 2 aromatic carbocycles. The summed E-state index contributed by atoms with van der Waals surface area (Å²) >= 11 is 0. The lowest BCUT2D eigenvalue weighted by Gasteiger charge is -2.13. The molecule has 1 saturated carbocycles. The van der Waals surface area contributed by atoms with Crippen molar-refractivity contribution >= 4 is 29.4 Å². The number of carbonyl (C=O) groups is 4. The highest BCUT2D eigenvalue weighted by Crippen LogP contribution is 2.32. The van der Waals surface area contributed by atoms with Crippen LogP contribution in [0.25, 0.3) is 0 Å². The number of nitrogens with one attached hydrogen (secondary N) is 1. The van der Waals surface area contributed by atoms with Gasteiger partial charge >= 0.3 is 5.97 Å². The van der Waals surface area contributed by atoms with Crippen LogP contribution in [0.4, 0.5) is 10.1 Å². The largest absolute Gasteiger partial charge is 0.452 e. The van der Waals surface area contributed by atoms with Crippen molar-refractivity contribution in [3.05, 3.63) is 65.0 Å². The molecule has 1 aliphatic carbocycles. The maximum atomic E-state index is 13.1. The second-order valence-electron chi connectivity index (χ2n) is 7.45. The number of fused-ring (bicyclic) bond motifs is 1. The Hall–Kier alpha value is -3.55. The molecular formula is C22H19FN2O5. The molecule has 4 rings (SSSR count). The van der Waals surface area contributed by atoms with E-state index < -0.39 is 36.1 Å². The molecule has 0 aromatic heterocycles. The third kappa shape index (κ3) is 3.80. The van der Waals surface area contributed by atoms with E-state index in [1.54, 1.807) is 0 Å². The molecule has 154 valence electrons. The fourth-order valence-electron chi connectivity index (χ4n) is 3.42. The Morgan fingerprint density at radius 1 is 1.10 bits per heavy atom. The molecule has 1 heterocycles. The van der Waals surface area contributed by atoms with E-state index in [2.05, 4.69) is 5.32 Å². The van der Waals surface area contributed by atoms with Crippen LogP contribution in [0.2, 0.25) is 0 Å². The maximum Gasteiger partial charge on any atom is 0.338 e. The van der Waals surface area contributed by atoms with Crippen LogP contribution < -0.4 is 10.2 Å². The van der Waals surface area contributed by atoms with E-state index in [1.807, 2.05) is 6.92 Å². The molecule has 1 fully saturated rings. The zero-order chi connectivity index (χ0) is 21.4. The quantitative estimate of drug-likeness (QED) is 0.584. The molecule has 1 atom stereocenters. The Labute approximate surface area is 171 Å². The number of esters is 1. The number of rotatable bonds is 6. The van der Waals surface area contributed by atoms with Crippen molar-refractivity contribution in [2.24, 2.45) is 5.92 Å². The third-order valence-corrected chi connectivity index (χ3v) is 5.26. The number of hydrogen-bond donors (Lipinski definition) is 1. The first-order chi connectivity index (χ1) is 14.3. The first kappa shape index (κ1) is 19.8. The number of imide groups is 1. The van der Waals surface area contributed by atoms with E-state index >= 15 is 0 Å². The zero-order valence-electron chi connectivity index (χ0n) is 16.2. The van der Waals surface area contributed by atoms with Crippen molar-refractivity contribution < 1.29 is 28.3 Å². The topological polar surface area (TPSA) is 92.8 Å². The lowest BCUT2D eigenvalue weighted by Crippen LogP contribution is -2.37. The smallest absolute Gasteiger partial charge is 0.338 e. The number of amides is 3. The van der Waals surface area contributed by atoms with Gasteiger partial charge in [-0.15, -0.1) is 0 Å². The molecule has 2 aromatic rings. The predicted octanol–water partition coefficient (Wildman–Crippen LogP) is 2.70. The third-order valence-electron chi connectivity index (χ3n) is 5.26. The van der Waals surface area contributed by atoms with Gasteiger partial charge in [0.15, 0.2) is 6.61 Å². The summed E-state index contributed by atoms with van der Waals surface area (Å²) in [6.45, 7) is 1.48. The van der Waals surface area contributed by atoms with Gasteiger partial charge < -0.3 is 10.1 Å². The molecule has 3 amide bonds. The van der Waals surface area contributed by atoms with Crippen LogP contribution in [-0.2, 0) is 9.53 Å². The molecule has 0 spiro atoms. The lowest BCUT2D eigenvalue weighted by atomic mass is 10.1. The van der Waals surface area contributed by atoms with E-state index in [4.69, 9.17) is 4.74 Å². The van der Waals surface area contributed by atoms with Gasteiger partial charge in [-0.05, 0) is 68.1 Å². The van der Waals surface area contributed by atoms with Gasteiger partial charge in [-0.3, -0.25) is 14.4 Å². The second kappa shape index (κ2) is 7.70. The molecule has 0 radical (unpaired) electrons. The van der Waals surface area contributed by atoms with Gasteiger partial charge in [0.1, 0.15) is 5.82 Å². The van der Waals surface area contributed by atoms with Crippen molar-refractivity contribution in [1.29, 1.82) is 0 Å². The van der Waals surface area contributed by atoms with Gasteiger partial charge in [0.05, 0.1) is 22.4 Å². The minimum atomic E-state index is -0.771. The Morgan fingerprint density at radius 2 is 1.77 bits per heavy atom. The molecule has 7 nitrogen and oxygen atoms in total. The van der Waals surface area contributed by atoms with Crippen LogP contribution in [0.1, 0.15) is 50.8 Å². The monoisotopic (exact) mass is 410 g/mol. The van der Waals surface area contributed by atoms with Crippen molar-refractivity contribution in [3.8, 4) is 0 Å². The summed E-state index contributed by atoms with van der Waals surface area (Å²) in [4.78, 5) is 50.4. The highest BCUT2D eigenvalue weighted by Gasteiger charge is 2.37. The Kier molecular flexibility index (Phi) is 5.07. The van der Waals surface area contributed by atoms with Gasteiger partial charge in [0.25, 0.3) is 17.7 Å². The average molecular weight is 410 g/mol. The van der Waals surface area contributed by atoms with Crippen molar-refractivity contribution in [3.63, 3.8) is 0 Å². The Balaban J connectivity index is 1.45. The van der Waals surface area contributed by atoms with Crippen LogP contribution in [0, 0.1) is 11.7 Å². The number of halogens is 1. The van der Waals surface area contributed by atoms with Crippen LogP contribution >= 0.6 is 0 Å². The van der Waals surface area contributed by atoms with Crippen LogP contribution in [0.15, 0.2) is 42.5 Å². The lowest BCUT2D eigenvalue weighted by molar-refractivity contribution is -0.125. The van der Waals surface area contributed by atoms with Gasteiger partial charge in [0.2, 0.25) is 0 Å². The molecule has 0 bridgehead atoms. The molecular weight excluding hydrogens is 391 g/mol. The number of ether oxygens (including phenoxy) is 1. The maximum absolute atomic E-state index is 13.1. The minimum Gasteiger partial charge on any atom is -0.452 e. The number of hydrogen-bond acceptors (Lipinski definition) is 5. The fraction of sp³-hybridized carbons (Fsp3) is 0.273. The van der Waals surface area contributed by atoms with Gasteiger partial charge in [-0.2, -0.15) is 0 Å². The van der Waals surface area contributed by atoms with E-state index in [1.165, 1.54) is 30.3 Å². The second-order valence-corrected chi connectivity index (χ2v) is 7.45. The SMILES string of the molecule is C[C@H](NC(=O)COC(=O)c1ccc2c(c1)C(=O)N(c1ccc(F)cc1)C2=O)C1CC1. The summed E-state index contributed by atoms with van der Waals surface area (Å²) in [7, 11) is 0. The first-order valence-electron chi connectivity index (χ1n) is 9.60. The number of anilines is 1. The zero-order valence-corrected chi connectivity index (χ0v) is 16.2. The number of nitrogens with zero attached hydrogens (tertiary/aromatic N) is 1. The Bertz CT molecular complexity index is 1050. The van der Waals surface area contributed by atoms with Gasteiger partial charge in [-0.25, -0.2) is 14.1 Å². The summed E-state index contributed by atoms with van der Waals surface area (Å²) in [6, 6.07) is 8.99. The van der Waals surface area contributed by atoms with E-state index in [9.17, 15) is 23.6 Å². The average Bonchev–Trinajstić information content (AvgIpc) is 3.55. The highest BCUT2D eigenvalue weighted by atomic mass is 19.1. The number of benzene rings is 2. The Morgan fingerprint density at radius 3 is 2.43 bits per heavy atom. The molecule has 1 aliphatic heterocycles. The van der Waals surface area contributed by atoms with Crippen LogP contribution in [-0.4, -0.2) is 36.3 Å². The molecule has 8 heteroatoms. The summed E-state index contributed by atoms with van der Waals surface area (Å²) in [6.07, 6.45) is 2.16. The first-order valence-corrected chi connectivity index (χ1v) is 9.60. The standard InChI is InChI=1S/C22H19FN2O5/c1-12(13-2-3-13)24-19(26)11-30-22(29)14-4-9-17-18(10-14)21(28)25(20(17)27)16-7-5-15(23)6-8-16/h4-10,12-13H,2-3,11H2,1H3,(H,24,26)/t12-/m0/s1. The van der Waals surface area contributed by atoms with Crippen molar-refractivity contribution in [2.75, 3.05) is 11.5 Å². The predicted molar refractivity (Wildman–Crippen MR) is 105 cm³/mol. The van der Waals surface area contributed by atoms with Crippen LogP contribution in [0.5, 0.6) is 0 Å². The molecule has 0 saturated heterocycles. The molecule has 1 N–H and O–H groups in total. The molecule has 0 unspecified atom stereocenters. The normalized spacial score (nSPS) is 16.3. The minimum absolute atomic E-state index is 0.0391. The van der Waals surface area contributed by atoms with Crippen molar-refractivity contribution in [2.45, 2.75) is 25.8 Å². The summed E-state index contributed by atoms with van der Waals surface area (Å²) in [5.74, 6) is -2.35. The number of carbonyl (C=O) groups excluding carboxylic acids is 4.